The van der Waals surface area contributed by atoms with Crippen LogP contribution >= 0.6 is 0 Å². The third-order valence-corrected chi connectivity index (χ3v) is 6.32. The Balaban J connectivity index is 1.95. The molecule has 1 saturated heterocycles. The van der Waals surface area contributed by atoms with E-state index in [9.17, 15) is 39.3 Å². The van der Waals surface area contributed by atoms with Gasteiger partial charge in [-0.15, -0.1) is 0 Å². The lowest BCUT2D eigenvalue weighted by molar-refractivity contribution is -0.142. The number of likely N-dealkylation sites (tertiary alicyclic amines) is 1. The molecule has 38 heavy (non-hydrogen) atoms. The van der Waals surface area contributed by atoms with E-state index in [4.69, 9.17) is 5.73 Å². The highest BCUT2D eigenvalue weighted by Crippen LogP contribution is 2.19. The minimum Gasteiger partial charge on any atom is -0.508 e. The average molecular weight is 536 g/mol. The van der Waals surface area contributed by atoms with Gasteiger partial charge in [-0.3, -0.25) is 19.2 Å². The van der Waals surface area contributed by atoms with Gasteiger partial charge in [0, 0.05) is 13.0 Å². The van der Waals surface area contributed by atoms with Crippen molar-refractivity contribution in [3.63, 3.8) is 0 Å². The minimum absolute atomic E-state index is 0.0231. The first-order chi connectivity index (χ1) is 17.8. The molecule has 1 aromatic rings. The van der Waals surface area contributed by atoms with Gasteiger partial charge in [0.25, 0.3) is 0 Å². The number of rotatable bonds is 12. The van der Waals surface area contributed by atoms with E-state index in [2.05, 4.69) is 16.0 Å². The summed E-state index contributed by atoms with van der Waals surface area (Å²) in [4.78, 5) is 63.6. The van der Waals surface area contributed by atoms with Crippen molar-refractivity contribution in [3.05, 3.63) is 29.8 Å². The molecular weight excluding hydrogens is 498 g/mol. The number of amides is 4. The molecular formula is C25H37N5O8. The summed E-state index contributed by atoms with van der Waals surface area (Å²) in [5.41, 5.74) is 6.30. The molecule has 0 aromatic heterocycles. The summed E-state index contributed by atoms with van der Waals surface area (Å²) in [6.07, 6.45) is -0.183. The zero-order chi connectivity index (χ0) is 28.6. The number of aromatic hydroxyl groups is 1. The fourth-order valence-electron chi connectivity index (χ4n) is 4.07. The van der Waals surface area contributed by atoms with Crippen LogP contribution in [0.2, 0.25) is 0 Å². The molecule has 1 fully saturated rings. The molecule has 8 N–H and O–H groups in total. The minimum atomic E-state index is -1.27. The molecule has 0 bridgehead atoms. The molecule has 0 spiro atoms. The quantitative estimate of drug-likeness (QED) is 0.165. The molecule has 0 radical (unpaired) electrons. The van der Waals surface area contributed by atoms with Crippen molar-refractivity contribution in [2.45, 2.75) is 70.3 Å². The molecule has 5 atom stereocenters. The number of carbonyl (C=O) groups excluding carboxylic acids is 4. The van der Waals surface area contributed by atoms with E-state index in [1.54, 1.807) is 26.0 Å². The van der Waals surface area contributed by atoms with Crippen molar-refractivity contribution in [3.8, 4) is 5.75 Å². The molecule has 2 rings (SSSR count). The van der Waals surface area contributed by atoms with Crippen molar-refractivity contribution in [2.75, 3.05) is 13.1 Å². The summed E-state index contributed by atoms with van der Waals surface area (Å²) < 4.78 is 0. The Morgan fingerprint density at radius 1 is 1.08 bits per heavy atom. The van der Waals surface area contributed by atoms with E-state index in [1.165, 1.54) is 24.0 Å². The summed E-state index contributed by atoms with van der Waals surface area (Å²) in [5, 5.41) is 36.0. The van der Waals surface area contributed by atoms with Crippen molar-refractivity contribution in [1.29, 1.82) is 0 Å². The lowest BCUT2D eigenvalue weighted by atomic mass is 10.0. The van der Waals surface area contributed by atoms with Gasteiger partial charge in [0.2, 0.25) is 23.6 Å². The predicted molar refractivity (Wildman–Crippen MR) is 136 cm³/mol. The first kappa shape index (κ1) is 30.5. The number of carbonyl (C=O) groups is 5. The molecule has 1 aliphatic rings. The number of aliphatic carboxylic acids is 1. The van der Waals surface area contributed by atoms with E-state index in [0.717, 1.165) is 0 Å². The first-order valence-corrected chi connectivity index (χ1v) is 12.4. The van der Waals surface area contributed by atoms with Crippen molar-refractivity contribution in [1.82, 2.24) is 20.9 Å². The summed E-state index contributed by atoms with van der Waals surface area (Å²) in [6.45, 7) is 4.56. The van der Waals surface area contributed by atoms with Crippen LogP contribution in [0.25, 0.3) is 0 Å². The SMILES string of the molecule is CC(C)[C@H](NC(=O)CNC(=O)[C@@H]1CCCN1C(=O)[C@@H](N)[C@@H](C)O)C(=O)N[C@@H](Cc1ccc(O)cc1)C(=O)O. The fraction of sp³-hybridized carbons (Fsp3) is 0.560. The van der Waals surface area contributed by atoms with Crippen LogP contribution in [0, 0.1) is 5.92 Å². The molecule has 13 heteroatoms. The lowest BCUT2D eigenvalue weighted by Crippen LogP contribution is -2.57. The molecule has 13 nitrogen and oxygen atoms in total. The van der Waals surface area contributed by atoms with Crippen LogP contribution in [0.3, 0.4) is 0 Å². The highest BCUT2D eigenvalue weighted by Gasteiger charge is 2.37. The monoisotopic (exact) mass is 535 g/mol. The van der Waals surface area contributed by atoms with Crippen LogP contribution in [0.1, 0.15) is 39.2 Å². The van der Waals surface area contributed by atoms with E-state index in [0.29, 0.717) is 24.9 Å². The molecule has 1 aromatic carbocycles. The number of nitrogens with one attached hydrogen (secondary N) is 3. The molecule has 1 heterocycles. The Labute approximate surface area is 220 Å². The van der Waals surface area contributed by atoms with E-state index in [-0.39, 0.29) is 12.2 Å². The number of carboxylic acids is 1. The van der Waals surface area contributed by atoms with Gasteiger partial charge in [-0.1, -0.05) is 26.0 Å². The molecule has 0 unspecified atom stereocenters. The Bertz CT molecular complexity index is 1010. The third-order valence-electron chi connectivity index (χ3n) is 6.32. The number of carboxylic acid groups (broad SMARTS) is 1. The maximum absolute atomic E-state index is 12.9. The van der Waals surface area contributed by atoms with Crippen LogP contribution in [0.5, 0.6) is 5.75 Å². The number of hydrogen-bond donors (Lipinski definition) is 7. The van der Waals surface area contributed by atoms with Gasteiger partial charge in [-0.2, -0.15) is 0 Å². The summed E-state index contributed by atoms with van der Waals surface area (Å²) in [6, 6.07) is 1.55. The second-order valence-corrected chi connectivity index (χ2v) is 9.73. The zero-order valence-corrected chi connectivity index (χ0v) is 21.7. The summed E-state index contributed by atoms with van der Waals surface area (Å²) >= 11 is 0. The average Bonchev–Trinajstić information content (AvgIpc) is 3.35. The Morgan fingerprint density at radius 2 is 1.71 bits per heavy atom. The van der Waals surface area contributed by atoms with E-state index >= 15 is 0 Å². The Kier molecular flexibility index (Phi) is 11.0. The van der Waals surface area contributed by atoms with Crippen LogP contribution in [0.4, 0.5) is 0 Å². The summed E-state index contributed by atoms with van der Waals surface area (Å²) in [5.74, 6) is -4.14. The normalized spacial score (nSPS) is 18.3. The van der Waals surface area contributed by atoms with E-state index < -0.39 is 72.3 Å². The van der Waals surface area contributed by atoms with Gasteiger partial charge in [0.1, 0.15) is 29.9 Å². The van der Waals surface area contributed by atoms with Crippen molar-refractivity contribution < 1.29 is 39.3 Å². The molecule has 4 amide bonds. The molecule has 210 valence electrons. The number of nitrogens with two attached hydrogens (primary N) is 1. The van der Waals surface area contributed by atoms with Gasteiger partial charge in [-0.25, -0.2) is 4.79 Å². The van der Waals surface area contributed by atoms with Crippen LogP contribution < -0.4 is 21.7 Å². The van der Waals surface area contributed by atoms with Gasteiger partial charge in [-0.05, 0) is 43.4 Å². The fourth-order valence-corrected chi connectivity index (χ4v) is 4.07. The number of aliphatic hydroxyl groups excluding tert-OH is 1. The molecule has 0 saturated carbocycles. The second kappa shape index (κ2) is 13.7. The topological polar surface area (TPSA) is 211 Å². The van der Waals surface area contributed by atoms with Crippen LogP contribution in [-0.2, 0) is 30.4 Å². The Morgan fingerprint density at radius 3 is 2.26 bits per heavy atom. The highest BCUT2D eigenvalue weighted by molar-refractivity contribution is 5.94. The van der Waals surface area contributed by atoms with Gasteiger partial charge < -0.3 is 41.9 Å². The van der Waals surface area contributed by atoms with E-state index in [1.807, 2.05) is 0 Å². The smallest absolute Gasteiger partial charge is 0.326 e. The zero-order valence-electron chi connectivity index (χ0n) is 21.7. The summed E-state index contributed by atoms with van der Waals surface area (Å²) in [7, 11) is 0. The maximum Gasteiger partial charge on any atom is 0.326 e. The maximum atomic E-state index is 12.9. The van der Waals surface area contributed by atoms with Gasteiger partial charge >= 0.3 is 5.97 Å². The van der Waals surface area contributed by atoms with Gasteiger partial charge in [0.15, 0.2) is 0 Å². The number of benzene rings is 1. The number of phenols is 1. The van der Waals surface area contributed by atoms with Gasteiger partial charge in [0.05, 0.1) is 12.6 Å². The molecule has 1 aliphatic heterocycles. The third kappa shape index (κ3) is 8.42. The second-order valence-electron chi connectivity index (χ2n) is 9.73. The first-order valence-electron chi connectivity index (χ1n) is 12.4. The predicted octanol–water partition coefficient (Wildman–Crippen LogP) is -1.54. The number of hydrogen-bond acceptors (Lipinski definition) is 8. The van der Waals surface area contributed by atoms with Crippen molar-refractivity contribution >= 4 is 29.6 Å². The Hall–Kier alpha value is -3.71. The number of nitrogens with zero attached hydrogens (tertiary/aromatic N) is 1. The largest absolute Gasteiger partial charge is 0.508 e. The van der Waals surface area contributed by atoms with Crippen LogP contribution in [0.15, 0.2) is 24.3 Å². The van der Waals surface area contributed by atoms with Crippen molar-refractivity contribution in [2.24, 2.45) is 11.7 Å². The molecule has 0 aliphatic carbocycles. The van der Waals surface area contributed by atoms with Crippen LogP contribution in [-0.4, -0.2) is 93.2 Å². The lowest BCUT2D eigenvalue weighted by Gasteiger charge is -2.28. The number of aliphatic hydroxyl groups is 1. The highest BCUT2D eigenvalue weighted by atomic mass is 16.4. The number of phenolic OH excluding ortho intramolecular Hbond substituents is 1. The standard InChI is InChI=1S/C25H37N5O8/c1-13(2)21(23(35)28-17(25(37)38)11-15-6-8-16(32)9-7-15)29-19(33)12-27-22(34)18-5-4-10-30(18)24(36)20(26)14(3)31/h6-9,13-14,17-18,20-21,31-32H,4-5,10-12,26H2,1-3H3,(H,27,34)(H,28,35)(H,29,33)(H,37,38)/t14-,17+,18+,20+,21+/m1/s1.